The van der Waals surface area contributed by atoms with Crippen LogP contribution in [-0.2, 0) is 0 Å². The van der Waals surface area contributed by atoms with Gasteiger partial charge in [-0.2, -0.15) is 0 Å². The Hall–Kier alpha value is -2.92. The Morgan fingerprint density at radius 3 is 2.04 bits per heavy atom. The van der Waals surface area contributed by atoms with Crippen molar-refractivity contribution in [2.24, 2.45) is 0 Å². The minimum atomic E-state index is 0.748. The lowest BCUT2D eigenvalue weighted by Gasteiger charge is -2.06. The van der Waals surface area contributed by atoms with Crippen molar-refractivity contribution < 1.29 is 9.47 Å². The quantitative estimate of drug-likeness (QED) is 0.369. The van der Waals surface area contributed by atoms with Gasteiger partial charge in [-0.05, 0) is 72.1 Å². The summed E-state index contributed by atoms with van der Waals surface area (Å²) in [5, 5.41) is 2.34. The van der Waals surface area contributed by atoms with Crippen LogP contribution in [0.3, 0.4) is 0 Å². The molecule has 0 N–H and O–H groups in total. The molecule has 27 heavy (non-hydrogen) atoms. The average molecular weight is 358 g/mol. The van der Waals surface area contributed by atoms with Crippen LogP contribution in [0.15, 0.2) is 60.7 Å². The minimum Gasteiger partial charge on any atom is -0.494 e. The van der Waals surface area contributed by atoms with Crippen molar-refractivity contribution in [3.8, 4) is 23.3 Å². The molecule has 0 heterocycles. The van der Waals surface area contributed by atoms with Gasteiger partial charge < -0.3 is 9.47 Å². The SMILES string of the molecule is CCCCOc1ccc(C#Cc2ccc3cc(OCCC)ccc3c2)cc1. The van der Waals surface area contributed by atoms with Crippen molar-refractivity contribution in [3.05, 3.63) is 71.8 Å². The highest BCUT2D eigenvalue weighted by Crippen LogP contribution is 2.22. The van der Waals surface area contributed by atoms with Crippen LogP contribution in [0.1, 0.15) is 44.2 Å². The molecule has 3 rings (SSSR count). The highest BCUT2D eigenvalue weighted by atomic mass is 16.5. The van der Waals surface area contributed by atoms with Crippen LogP contribution >= 0.6 is 0 Å². The number of hydrogen-bond donors (Lipinski definition) is 0. The number of benzene rings is 3. The Labute approximate surface area is 162 Å². The topological polar surface area (TPSA) is 18.5 Å². The number of rotatable bonds is 7. The maximum atomic E-state index is 5.70. The molecule has 0 amide bonds. The second-order valence-corrected chi connectivity index (χ2v) is 6.55. The summed E-state index contributed by atoms with van der Waals surface area (Å²) in [6.07, 6.45) is 3.23. The standard InChI is InChI=1S/C25H26O2/c1-3-5-17-27-24-13-9-20(10-14-24)6-7-21-8-11-23-19-25(26-16-4-2)15-12-22(23)18-21/h8-15,18-19H,3-5,16-17H2,1-2H3. The van der Waals surface area contributed by atoms with Gasteiger partial charge in [0, 0.05) is 11.1 Å². The summed E-state index contributed by atoms with van der Waals surface area (Å²) in [5.41, 5.74) is 1.99. The summed E-state index contributed by atoms with van der Waals surface area (Å²) in [4.78, 5) is 0. The number of hydrogen-bond acceptors (Lipinski definition) is 2. The molecule has 2 nitrogen and oxygen atoms in total. The minimum absolute atomic E-state index is 0.748. The summed E-state index contributed by atoms with van der Waals surface area (Å²) >= 11 is 0. The summed E-state index contributed by atoms with van der Waals surface area (Å²) < 4.78 is 11.4. The molecule has 0 unspecified atom stereocenters. The van der Waals surface area contributed by atoms with Gasteiger partial charge in [-0.25, -0.2) is 0 Å². The van der Waals surface area contributed by atoms with E-state index in [1.165, 1.54) is 10.8 Å². The Bertz CT molecular complexity index is 930. The van der Waals surface area contributed by atoms with Crippen molar-refractivity contribution in [1.29, 1.82) is 0 Å². The second kappa shape index (κ2) is 9.69. The highest BCUT2D eigenvalue weighted by Gasteiger charge is 1.99. The summed E-state index contributed by atoms with van der Waals surface area (Å²) in [7, 11) is 0. The van der Waals surface area contributed by atoms with E-state index in [9.17, 15) is 0 Å². The molecular weight excluding hydrogens is 332 g/mol. The molecule has 0 aromatic heterocycles. The van der Waals surface area contributed by atoms with Gasteiger partial charge in [-0.3, -0.25) is 0 Å². The van der Waals surface area contributed by atoms with Crippen molar-refractivity contribution in [2.45, 2.75) is 33.1 Å². The summed E-state index contributed by atoms with van der Waals surface area (Å²) in [6.45, 7) is 5.79. The van der Waals surface area contributed by atoms with Gasteiger partial charge in [0.2, 0.25) is 0 Å². The number of unbranched alkanes of at least 4 members (excludes halogenated alkanes) is 1. The van der Waals surface area contributed by atoms with Crippen LogP contribution in [0.2, 0.25) is 0 Å². The van der Waals surface area contributed by atoms with Gasteiger partial charge in [0.25, 0.3) is 0 Å². The molecule has 0 saturated carbocycles. The highest BCUT2D eigenvalue weighted by molar-refractivity contribution is 5.85. The smallest absolute Gasteiger partial charge is 0.119 e. The van der Waals surface area contributed by atoms with E-state index < -0.39 is 0 Å². The molecule has 3 aromatic rings. The maximum absolute atomic E-state index is 5.70. The Kier molecular flexibility index (Phi) is 6.77. The second-order valence-electron chi connectivity index (χ2n) is 6.55. The Morgan fingerprint density at radius 1 is 0.630 bits per heavy atom. The first-order valence-corrected chi connectivity index (χ1v) is 9.70. The molecule has 0 radical (unpaired) electrons. The van der Waals surface area contributed by atoms with Gasteiger partial charge >= 0.3 is 0 Å². The van der Waals surface area contributed by atoms with E-state index in [1.807, 2.05) is 30.3 Å². The lowest BCUT2D eigenvalue weighted by molar-refractivity contribution is 0.309. The van der Waals surface area contributed by atoms with Crippen LogP contribution < -0.4 is 9.47 Å². The molecule has 0 aliphatic rings. The normalized spacial score (nSPS) is 10.3. The zero-order valence-corrected chi connectivity index (χ0v) is 16.1. The van der Waals surface area contributed by atoms with Crippen LogP contribution in [-0.4, -0.2) is 13.2 Å². The largest absolute Gasteiger partial charge is 0.494 e. The van der Waals surface area contributed by atoms with Crippen molar-refractivity contribution >= 4 is 10.8 Å². The molecule has 2 heteroatoms. The van der Waals surface area contributed by atoms with Gasteiger partial charge in [0.05, 0.1) is 13.2 Å². The Morgan fingerprint density at radius 2 is 1.26 bits per heavy atom. The molecule has 3 aromatic carbocycles. The third-order valence-corrected chi connectivity index (χ3v) is 4.26. The fourth-order valence-electron chi connectivity index (χ4n) is 2.72. The number of fused-ring (bicyclic) bond motifs is 1. The van der Waals surface area contributed by atoms with Crippen molar-refractivity contribution in [1.82, 2.24) is 0 Å². The van der Waals surface area contributed by atoms with E-state index in [2.05, 4.69) is 56.0 Å². The number of ether oxygens (including phenoxy) is 2. The van der Waals surface area contributed by atoms with Crippen molar-refractivity contribution in [3.63, 3.8) is 0 Å². The third kappa shape index (κ3) is 5.53. The van der Waals surface area contributed by atoms with Gasteiger partial charge in [-0.1, -0.05) is 44.2 Å². The van der Waals surface area contributed by atoms with Crippen LogP contribution in [0.25, 0.3) is 10.8 Å². The first-order chi connectivity index (χ1) is 13.3. The van der Waals surface area contributed by atoms with Crippen molar-refractivity contribution in [2.75, 3.05) is 13.2 Å². The Balaban J connectivity index is 1.69. The van der Waals surface area contributed by atoms with Crippen LogP contribution in [0, 0.1) is 11.8 Å². The first kappa shape index (κ1) is 18.9. The fourth-order valence-corrected chi connectivity index (χ4v) is 2.72. The molecule has 0 aliphatic carbocycles. The van der Waals surface area contributed by atoms with Crippen LogP contribution in [0.5, 0.6) is 11.5 Å². The summed E-state index contributed by atoms with van der Waals surface area (Å²) in [5.74, 6) is 8.31. The molecule has 0 spiro atoms. The third-order valence-electron chi connectivity index (χ3n) is 4.26. The molecular formula is C25H26O2. The maximum Gasteiger partial charge on any atom is 0.119 e. The molecule has 0 atom stereocenters. The molecule has 0 fully saturated rings. The lowest BCUT2D eigenvalue weighted by atomic mass is 10.1. The first-order valence-electron chi connectivity index (χ1n) is 9.70. The zero-order valence-electron chi connectivity index (χ0n) is 16.1. The van der Waals surface area contributed by atoms with E-state index in [-0.39, 0.29) is 0 Å². The zero-order chi connectivity index (χ0) is 18.9. The predicted octanol–water partition coefficient (Wildman–Crippen LogP) is 6.21. The van der Waals surface area contributed by atoms with E-state index in [1.54, 1.807) is 0 Å². The predicted molar refractivity (Wildman–Crippen MR) is 113 cm³/mol. The van der Waals surface area contributed by atoms with E-state index in [0.29, 0.717) is 0 Å². The van der Waals surface area contributed by atoms with E-state index >= 15 is 0 Å². The molecule has 0 bridgehead atoms. The van der Waals surface area contributed by atoms with Crippen LogP contribution in [0.4, 0.5) is 0 Å². The molecule has 0 saturated heterocycles. The molecule has 138 valence electrons. The fraction of sp³-hybridized carbons (Fsp3) is 0.280. The average Bonchev–Trinajstić information content (AvgIpc) is 2.71. The van der Waals surface area contributed by atoms with Gasteiger partial charge in [0.1, 0.15) is 11.5 Å². The molecule has 0 aliphatic heterocycles. The monoisotopic (exact) mass is 358 g/mol. The van der Waals surface area contributed by atoms with E-state index in [4.69, 9.17) is 9.47 Å². The van der Waals surface area contributed by atoms with Gasteiger partial charge in [-0.15, -0.1) is 0 Å². The lowest BCUT2D eigenvalue weighted by Crippen LogP contribution is -1.95. The summed E-state index contributed by atoms with van der Waals surface area (Å²) in [6, 6.07) is 20.5. The van der Waals surface area contributed by atoms with E-state index in [0.717, 1.165) is 55.1 Å². The van der Waals surface area contributed by atoms with Gasteiger partial charge in [0.15, 0.2) is 0 Å².